The number of esters is 1. The normalized spacial score (nSPS) is 15.3. The molecule has 0 saturated heterocycles. The molecule has 6 nitrogen and oxygen atoms in total. The third kappa shape index (κ3) is 3.23. The van der Waals surface area contributed by atoms with Gasteiger partial charge in [-0.1, -0.05) is 13.0 Å². The molecule has 0 amide bonds. The Morgan fingerprint density at radius 2 is 1.63 bits per heavy atom. The molecule has 3 rings (SSSR count). The summed E-state index contributed by atoms with van der Waals surface area (Å²) >= 11 is 0. The summed E-state index contributed by atoms with van der Waals surface area (Å²) in [7, 11) is 4.43. The molecule has 0 aliphatic heterocycles. The molecular weight excluding hydrogens is 348 g/mol. The second-order valence-electron chi connectivity index (χ2n) is 6.50. The second kappa shape index (κ2) is 7.31. The third-order valence-electron chi connectivity index (χ3n) is 4.79. The first-order valence-electron chi connectivity index (χ1n) is 8.60. The van der Waals surface area contributed by atoms with Crippen molar-refractivity contribution in [1.82, 2.24) is 0 Å². The first-order chi connectivity index (χ1) is 12.9. The van der Waals surface area contributed by atoms with Crippen LogP contribution in [-0.4, -0.2) is 33.1 Å². The molecule has 0 bridgehead atoms. The zero-order valence-corrected chi connectivity index (χ0v) is 16.0. The zero-order valence-electron chi connectivity index (χ0n) is 16.0. The maximum absolute atomic E-state index is 12.7. The number of carbonyl (C=O) groups excluding carboxylic acids is 2. The quantitative estimate of drug-likeness (QED) is 0.587. The van der Waals surface area contributed by atoms with Crippen LogP contribution in [0.5, 0.6) is 23.0 Å². The lowest BCUT2D eigenvalue weighted by Gasteiger charge is -2.15. The Morgan fingerprint density at radius 1 is 1.00 bits per heavy atom. The van der Waals surface area contributed by atoms with Crippen LogP contribution in [0, 0.1) is 6.92 Å². The largest absolute Gasteiger partial charge is 0.493 e. The average Bonchev–Trinajstić information content (AvgIpc) is 2.97. The van der Waals surface area contributed by atoms with Gasteiger partial charge in [-0.3, -0.25) is 4.79 Å². The first-order valence-corrected chi connectivity index (χ1v) is 8.60. The molecule has 1 unspecified atom stereocenters. The van der Waals surface area contributed by atoms with Gasteiger partial charge in [0, 0.05) is 6.42 Å². The van der Waals surface area contributed by atoms with Crippen molar-refractivity contribution in [2.24, 2.45) is 0 Å². The van der Waals surface area contributed by atoms with Crippen molar-refractivity contribution >= 4 is 11.8 Å². The highest BCUT2D eigenvalue weighted by Crippen LogP contribution is 2.41. The van der Waals surface area contributed by atoms with Crippen LogP contribution in [-0.2, 0) is 0 Å². The van der Waals surface area contributed by atoms with Crippen LogP contribution in [0.15, 0.2) is 24.3 Å². The number of fused-ring (bicyclic) bond motifs is 1. The van der Waals surface area contributed by atoms with Crippen molar-refractivity contribution in [3.8, 4) is 23.0 Å². The van der Waals surface area contributed by atoms with Gasteiger partial charge in [0.2, 0.25) is 5.75 Å². The Morgan fingerprint density at radius 3 is 2.19 bits per heavy atom. The van der Waals surface area contributed by atoms with Crippen LogP contribution in [0.2, 0.25) is 0 Å². The number of ketones is 1. The van der Waals surface area contributed by atoms with E-state index in [0.29, 0.717) is 29.2 Å². The molecule has 0 radical (unpaired) electrons. The lowest BCUT2D eigenvalue weighted by atomic mass is 9.97. The predicted molar refractivity (Wildman–Crippen MR) is 99.6 cm³/mol. The number of carbonyl (C=O) groups is 2. The van der Waals surface area contributed by atoms with E-state index in [0.717, 1.165) is 11.1 Å². The molecular formula is C21H22O6. The highest BCUT2D eigenvalue weighted by Gasteiger charge is 2.32. The summed E-state index contributed by atoms with van der Waals surface area (Å²) in [6.45, 7) is 3.96. The highest BCUT2D eigenvalue weighted by atomic mass is 16.5. The predicted octanol–water partition coefficient (Wildman–Crippen LogP) is 3.93. The molecule has 0 aromatic heterocycles. The smallest absolute Gasteiger partial charge is 0.343 e. The summed E-state index contributed by atoms with van der Waals surface area (Å²) in [5.74, 6) is 0.875. The number of hydrogen-bond acceptors (Lipinski definition) is 6. The number of methoxy groups -OCH3 is 3. The Balaban J connectivity index is 1.99. The van der Waals surface area contributed by atoms with Crippen LogP contribution < -0.4 is 18.9 Å². The number of ether oxygens (including phenoxy) is 4. The number of hydrogen-bond donors (Lipinski definition) is 0. The fraction of sp³-hybridized carbons (Fsp3) is 0.333. The van der Waals surface area contributed by atoms with Crippen molar-refractivity contribution in [3.63, 3.8) is 0 Å². The number of rotatable bonds is 5. The van der Waals surface area contributed by atoms with E-state index in [9.17, 15) is 9.59 Å². The van der Waals surface area contributed by atoms with Gasteiger partial charge in [-0.05, 0) is 42.2 Å². The zero-order chi connectivity index (χ0) is 19.7. The molecule has 2 aromatic rings. The molecule has 0 spiro atoms. The number of aryl methyl sites for hydroxylation is 1. The van der Waals surface area contributed by atoms with Gasteiger partial charge in [0.15, 0.2) is 17.3 Å². The van der Waals surface area contributed by atoms with Gasteiger partial charge in [-0.15, -0.1) is 0 Å². The topological polar surface area (TPSA) is 71.1 Å². The van der Waals surface area contributed by atoms with Crippen LogP contribution in [0.1, 0.15) is 51.1 Å². The van der Waals surface area contributed by atoms with E-state index in [-0.39, 0.29) is 23.0 Å². The molecule has 1 atom stereocenters. The van der Waals surface area contributed by atoms with Crippen molar-refractivity contribution in [1.29, 1.82) is 0 Å². The molecule has 0 fully saturated rings. The van der Waals surface area contributed by atoms with Crippen LogP contribution in [0.25, 0.3) is 0 Å². The van der Waals surface area contributed by atoms with Gasteiger partial charge < -0.3 is 18.9 Å². The van der Waals surface area contributed by atoms with E-state index in [4.69, 9.17) is 18.9 Å². The lowest BCUT2D eigenvalue weighted by Crippen LogP contribution is -2.12. The summed E-state index contributed by atoms with van der Waals surface area (Å²) < 4.78 is 21.4. The second-order valence-corrected chi connectivity index (χ2v) is 6.50. The van der Waals surface area contributed by atoms with E-state index in [2.05, 4.69) is 0 Å². The Hall–Kier alpha value is -3.02. The van der Waals surface area contributed by atoms with E-state index in [1.54, 1.807) is 6.07 Å². The minimum atomic E-state index is -0.604. The molecule has 2 aromatic carbocycles. The lowest BCUT2D eigenvalue weighted by molar-refractivity contribution is 0.0732. The molecule has 6 heteroatoms. The number of Topliss-reactive ketones (excluding diaryl/α,β-unsaturated/α-hetero) is 1. The van der Waals surface area contributed by atoms with Gasteiger partial charge in [0.05, 0.1) is 32.5 Å². The van der Waals surface area contributed by atoms with E-state index >= 15 is 0 Å². The third-order valence-corrected chi connectivity index (χ3v) is 4.79. The maximum Gasteiger partial charge on any atom is 0.343 e. The van der Waals surface area contributed by atoms with Crippen molar-refractivity contribution in [3.05, 3.63) is 46.5 Å². The van der Waals surface area contributed by atoms with Crippen molar-refractivity contribution < 1.29 is 28.5 Å². The van der Waals surface area contributed by atoms with Crippen LogP contribution in [0.3, 0.4) is 0 Å². The first kappa shape index (κ1) is 18.8. The molecule has 142 valence electrons. The summed E-state index contributed by atoms with van der Waals surface area (Å²) in [6, 6.07) is 6.57. The molecule has 0 saturated carbocycles. The van der Waals surface area contributed by atoms with Crippen molar-refractivity contribution in [2.45, 2.75) is 26.2 Å². The molecule has 0 N–H and O–H groups in total. The van der Waals surface area contributed by atoms with E-state index in [1.807, 2.05) is 19.9 Å². The Labute approximate surface area is 158 Å². The van der Waals surface area contributed by atoms with E-state index in [1.165, 1.54) is 33.5 Å². The fourth-order valence-corrected chi connectivity index (χ4v) is 3.55. The highest BCUT2D eigenvalue weighted by molar-refractivity contribution is 6.05. The molecule has 1 aliphatic rings. The van der Waals surface area contributed by atoms with Gasteiger partial charge in [-0.25, -0.2) is 4.79 Å². The average molecular weight is 370 g/mol. The maximum atomic E-state index is 12.7. The van der Waals surface area contributed by atoms with Gasteiger partial charge in [0.1, 0.15) is 5.75 Å². The Bertz CT molecular complexity index is 890. The molecule has 1 aliphatic carbocycles. The van der Waals surface area contributed by atoms with Crippen molar-refractivity contribution in [2.75, 3.05) is 21.3 Å². The summed E-state index contributed by atoms with van der Waals surface area (Å²) in [6.07, 6.45) is 0.426. The summed E-state index contributed by atoms with van der Waals surface area (Å²) in [5, 5.41) is 0. The SMILES string of the molecule is COc1cc(C(=O)Oc2ccc(C)c3c2C(=O)CC3C)cc(OC)c1OC. The van der Waals surface area contributed by atoms with Gasteiger partial charge >= 0.3 is 5.97 Å². The van der Waals surface area contributed by atoms with Crippen LogP contribution in [0.4, 0.5) is 0 Å². The minimum absolute atomic E-state index is 0.00566. The van der Waals surface area contributed by atoms with Crippen LogP contribution >= 0.6 is 0 Å². The minimum Gasteiger partial charge on any atom is -0.493 e. The molecule has 27 heavy (non-hydrogen) atoms. The van der Waals surface area contributed by atoms with Gasteiger partial charge in [-0.2, -0.15) is 0 Å². The summed E-state index contributed by atoms with van der Waals surface area (Å²) in [4.78, 5) is 25.1. The Kier molecular flexibility index (Phi) is 5.08. The molecule has 0 heterocycles. The standard InChI is InChI=1S/C21H22O6/c1-11-6-7-15(19-14(22)8-12(2)18(11)19)27-21(23)13-9-16(24-3)20(26-5)17(10-13)25-4/h6-7,9-10,12H,8H2,1-5H3. The summed E-state index contributed by atoms with van der Waals surface area (Å²) in [5.41, 5.74) is 2.71. The fourth-order valence-electron chi connectivity index (χ4n) is 3.55. The number of benzene rings is 2. The van der Waals surface area contributed by atoms with E-state index < -0.39 is 5.97 Å². The van der Waals surface area contributed by atoms with Gasteiger partial charge in [0.25, 0.3) is 0 Å². The monoisotopic (exact) mass is 370 g/mol.